The molecule has 1 saturated heterocycles. The van der Waals surface area contributed by atoms with Crippen LogP contribution in [0.1, 0.15) is 33.3 Å². The minimum Gasteiger partial charge on any atom is -0.444 e. The molecule has 1 aliphatic rings. The number of nitro groups is 1. The lowest BCUT2D eigenvalue weighted by atomic mass is 10.0. The number of carbonyl (C=O) groups is 1. The number of morpholine rings is 1. The highest BCUT2D eigenvalue weighted by Gasteiger charge is 2.35. The molecule has 0 saturated carbocycles. The molecule has 1 unspecified atom stereocenters. The van der Waals surface area contributed by atoms with Crippen LogP contribution in [-0.4, -0.2) is 56.8 Å². The van der Waals surface area contributed by atoms with Crippen molar-refractivity contribution in [1.29, 1.82) is 0 Å². The minimum atomic E-state index is -1.08. The Hall–Kier alpha value is -4.01. The summed E-state index contributed by atoms with van der Waals surface area (Å²) in [7, 11) is 0. The van der Waals surface area contributed by atoms with E-state index in [1.165, 1.54) is 35.5 Å². The van der Waals surface area contributed by atoms with Crippen LogP contribution in [0.3, 0.4) is 0 Å². The van der Waals surface area contributed by atoms with E-state index < -0.39 is 28.0 Å². The van der Waals surface area contributed by atoms with E-state index in [1.54, 1.807) is 33.8 Å². The van der Waals surface area contributed by atoms with Gasteiger partial charge in [0.05, 0.1) is 34.3 Å². The largest absolute Gasteiger partial charge is 0.444 e. The topological polar surface area (TPSA) is 120 Å². The molecule has 1 aliphatic heterocycles. The average molecular weight is 542 g/mol. The monoisotopic (exact) mass is 541 g/mol. The summed E-state index contributed by atoms with van der Waals surface area (Å²) >= 11 is 5.86. The first-order chi connectivity index (χ1) is 17.8. The molecule has 3 aromatic rings. The van der Waals surface area contributed by atoms with Gasteiger partial charge in [-0.2, -0.15) is 0 Å². The number of nitrogens with one attached hydrogen (secondary N) is 1. The SMILES string of the molecule is CC(C)(C)OC(=O)N1CCOC(C)(C#Cc2cc3ncnc(Nc4cccc(Cl)c4F)c3cc2[N+](=O)[O-])C1. The molecular formula is C26H25ClFN5O5. The van der Waals surface area contributed by atoms with Gasteiger partial charge in [0.2, 0.25) is 0 Å². The summed E-state index contributed by atoms with van der Waals surface area (Å²) in [5.41, 5.74) is -1.53. The number of halogens is 2. The Labute approximate surface area is 223 Å². The second kappa shape index (κ2) is 10.4. The highest BCUT2D eigenvalue weighted by Crippen LogP contribution is 2.32. The van der Waals surface area contributed by atoms with Crippen LogP contribution >= 0.6 is 11.6 Å². The molecule has 198 valence electrons. The number of nitrogens with zero attached hydrogens (tertiary/aromatic N) is 4. The van der Waals surface area contributed by atoms with Crippen molar-refractivity contribution in [3.63, 3.8) is 0 Å². The first-order valence-electron chi connectivity index (χ1n) is 11.6. The Bertz CT molecular complexity index is 1480. The second-order valence-corrected chi connectivity index (χ2v) is 10.2. The van der Waals surface area contributed by atoms with E-state index in [2.05, 4.69) is 27.1 Å². The van der Waals surface area contributed by atoms with Crippen LogP contribution in [0.4, 0.5) is 26.4 Å². The lowest BCUT2D eigenvalue weighted by Crippen LogP contribution is -2.52. The number of fused-ring (bicyclic) bond motifs is 1. The second-order valence-electron chi connectivity index (χ2n) is 9.82. The maximum Gasteiger partial charge on any atom is 0.410 e. The Morgan fingerprint density at radius 2 is 2.11 bits per heavy atom. The molecule has 1 amide bonds. The van der Waals surface area contributed by atoms with Crippen molar-refractivity contribution in [3.8, 4) is 11.8 Å². The van der Waals surface area contributed by atoms with Gasteiger partial charge >= 0.3 is 6.09 Å². The highest BCUT2D eigenvalue weighted by atomic mass is 35.5. The molecule has 2 heterocycles. The van der Waals surface area contributed by atoms with E-state index in [-0.39, 0.29) is 40.9 Å². The number of hydrogen-bond acceptors (Lipinski definition) is 8. The van der Waals surface area contributed by atoms with E-state index in [1.807, 2.05) is 0 Å². The van der Waals surface area contributed by atoms with Crippen molar-refractivity contribution in [1.82, 2.24) is 14.9 Å². The summed E-state index contributed by atoms with van der Waals surface area (Å²) < 4.78 is 25.7. The molecule has 0 bridgehead atoms. The summed E-state index contributed by atoms with van der Waals surface area (Å²) in [6.45, 7) is 7.72. The van der Waals surface area contributed by atoms with Crippen LogP contribution in [0.5, 0.6) is 0 Å². The molecule has 12 heteroatoms. The highest BCUT2D eigenvalue weighted by molar-refractivity contribution is 6.31. The Kier molecular flexibility index (Phi) is 7.40. The predicted octanol–water partition coefficient (Wildman–Crippen LogP) is 5.45. The number of amides is 1. The molecule has 1 fully saturated rings. The Balaban J connectivity index is 1.67. The maximum atomic E-state index is 14.4. The van der Waals surface area contributed by atoms with Gasteiger partial charge in [-0.25, -0.2) is 19.2 Å². The third kappa shape index (κ3) is 6.10. The molecule has 0 aliphatic carbocycles. The molecule has 1 N–H and O–H groups in total. The summed E-state index contributed by atoms with van der Waals surface area (Å²) in [6, 6.07) is 7.17. The van der Waals surface area contributed by atoms with Crippen LogP contribution < -0.4 is 5.32 Å². The van der Waals surface area contributed by atoms with Gasteiger partial charge in [-0.1, -0.05) is 29.5 Å². The van der Waals surface area contributed by atoms with Gasteiger partial charge in [0.15, 0.2) is 5.82 Å². The van der Waals surface area contributed by atoms with Crippen molar-refractivity contribution < 1.29 is 23.6 Å². The van der Waals surface area contributed by atoms with E-state index in [4.69, 9.17) is 21.1 Å². The molecule has 1 aromatic heterocycles. The van der Waals surface area contributed by atoms with E-state index in [0.29, 0.717) is 17.4 Å². The number of ether oxygens (including phenoxy) is 2. The number of benzene rings is 2. The number of carbonyl (C=O) groups excluding carboxylic acids is 1. The van der Waals surface area contributed by atoms with Gasteiger partial charge in [0, 0.05) is 18.0 Å². The van der Waals surface area contributed by atoms with Crippen LogP contribution in [-0.2, 0) is 9.47 Å². The van der Waals surface area contributed by atoms with Crippen LogP contribution in [0, 0.1) is 27.8 Å². The first kappa shape index (κ1) is 27.0. The van der Waals surface area contributed by atoms with Gasteiger partial charge in [0.25, 0.3) is 5.69 Å². The van der Waals surface area contributed by atoms with Crippen molar-refractivity contribution in [2.24, 2.45) is 0 Å². The van der Waals surface area contributed by atoms with Gasteiger partial charge in [-0.15, -0.1) is 0 Å². The normalized spacial score (nSPS) is 17.5. The van der Waals surface area contributed by atoms with E-state index in [9.17, 15) is 19.3 Å². The van der Waals surface area contributed by atoms with Gasteiger partial charge in [-0.3, -0.25) is 10.1 Å². The minimum absolute atomic E-state index is 0.0564. The quantitative estimate of drug-likeness (QED) is 0.264. The fraction of sp³-hybridized carbons (Fsp3) is 0.346. The van der Waals surface area contributed by atoms with Crippen LogP contribution in [0.15, 0.2) is 36.7 Å². The smallest absolute Gasteiger partial charge is 0.410 e. The molecular weight excluding hydrogens is 517 g/mol. The number of nitro benzene ring substituents is 1. The lowest BCUT2D eigenvalue weighted by molar-refractivity contribution is -0.385. The van der Waals surface area contributed by atoms with Crippen molar-refractivity contribution in [3.05, 3.63) is 63.2 Å². The summed E-state index contributed by atoms with van der Waals surface area (Å²) in [5, 5.41) is 15.0. The van der Waals surface area contributed by atoms with E-state index in [0.717, 1.165) is 0 Å². The number of rotatable bonds is 3. The maximum absolute atomic E-state index is 14.4. The Morgan fingerprint density at radius 1 is 1.34 bits per heavy atom. The lowest BCUT2D eigenvalue weighted by Gasteiger charge is -2.37. The van der Waals surface area contributed by atoms with Crippen molar-refractivity contribution in [2.45, 2.75) is 38.9 Å². The standard InChI is InChI=1S/C26H25ClFN5O5/c1-25(2,3)38-24(34)32-10-11-37-26(4,14-32)9-8-16-12-20-17(13-21(16)33(35)36)23(30-15-29-20)31-19-7-5-6-18(27)22(19)28/h5-7,12-13,15H,10-11,14H2,1-4H3,(H,29,30,31). The average Bonchev–Trinajstić information content (AvgIpc) is 2.84. The van der Waals surface area contributed by atoms with Gasteiger partial charge in [-0.05, 0) is 45.9 Å². The molecule has 1 atom stereocenters. The predicted molar refractivity (Wildman–Crippen MR) is 140 cm³/mol. The zero-order valence-corrected chi connectivity index (χ0v) is 21.9. The Morgan fingerprint density at radius 3 is 2.82 bits per heavy atom. The number of anilines is 2. The molecule has 4 rings (SSSR count). The molecule has 2 aromatic carbocycles. The first-order valence-corrected chi connectivity index (χ1v) is 12.0. The van der Waals surface area contributed by atoms with Crippen molar-refractivity contribution >= 4 is 45.8 Å². The molecule has 0 radical (unpaired) electrons. The van der Waals surface area contributed by atoms with Gasteiger partial charge < -0.3 is 19.7 Å². The zero-order valence-electron chi connectivity index (χ0n) is 21.2. The molecule has 0 spiro atoms. The number of aromatic nitrogens is 2. The molecule has 10 nitrogen and oxygen atoms in total. The fourth-order valence-electron chi connectivity index (χ4n) is 3.80. The van der Waals surface area contributed by atoms with Crippen molar-refractivity contribution in [2.75, 3.05) is 25.0 Å². The fourth-order valence-corrected chi connectivity index (χ4v) is 3.97. The summed E-state index contributed by atoms with van der Waals surface area (Å²) in [6.07, 6.45) is 0.763. The van der Waals surface area contributed by atoms with E-state index >= 15 is 0 Å². The third-order valence-electron chi connectivity index (χ3n) is 5.54. The summed E-state index contributed by atoms with van der Waals surface area (Å²) in [5.74, 6) is 5.26. The zero-order chi connectivity index (χ0) is 27.7. The third-order valence-corrected chi connectivity index (χ3v) is 5.83. The number of hydrogen-bond donors (Lipinski definition) is 1. The molecule has 38 heavy (non-hydrogen) atoms. The van der Waals surface area contributed by atoms with Crippen LogP contribution in [0.25, 0.3) is 10.9 Å². The van der Waals surface area contributed by atoms with Gasteiger partial charge in [0.1, 0.15) is 28.9 Å². The van der Waals surface area contributed by atoms with Crippen LogP contribution in [0.2, 0.25) is 5.02 Å². The summed E-state index contributed by atoms with van der Waals surface area (Å²) in [4.78, 5) is 33.7.